The minimum atomic E-state index is -0.299. The molecule has 2 rings (SSSR count). The lowest BCUT2D eigenvalue weighted by molar-refractivity contribution is 0.0735. The molecule has 0 N–H and O–H groups in total. The van der Waals surface area contributed by atoms with Gasteiger partial charge in [-0.05, 0) is 49.4 Å². The molecule has 0 aliphatic heterocycles. The smallest absolute Gasteiger partial charge is 0.254 e. The van der Waals surface area contributed by atoms with Gasteiger partial charge in [0.1, 0.15) is 5.82 Å². The third-order valence-corrected chi connectivity index (χ3v) is 3.29. The number of nitrogens with zero attached hydrogens (tertiary/aromatic N) is 1. The summed E-state index contributed by atoms with van der Waals surface area (Å²) >= 11 is 0. The molecule has 0 atom stereocenters. The van der Waals surface area contributed by atoms with Crippen molar-refractivity contribution in [3.05, 3.63) is 35.6 Å². The Labute approximate surface area is 108 Å². The van der Waals surface area contributed by atoms with Gasteiger partial charge in [-0.1, -0.05) is 13.8 Å². The molecule has 0 aromatic heterocycles. The Morgan fingerprint density at radius 1 is 1.33 bits per heavy atom. The predicted octanol–water partition coefficient (Wildman–Crippen LogP) is 3.48. The van der Waals surface area contributed by atoms with Gasteiger partial charge in [-0.2, -0.15) is 0 Å². The van der Waals surface area contributed by atoms with Gasteiger partial charge in [0, 0.05) is 18.2 Å². The zero-order chi connectivity index (χ0) is 13.1. The Hall–Kier alpha value is -1.38. The maximum absolute atomic E-state index is 12.9. The number of halogens is 1. The predicted molar refractivity (Wildman–Crippen MR) is 69.9 cm³/mol. The lowest BCUT2D eigenvalue weighted by Crippen LogP contribution is -2.34. The van der Waals surface area contributed by atoms with Crippen LogP contribution in [0.3, 0.4) is 0 Å². The summed E-state index contributed by atoms with van der Waals surface area (Å²) in [7, 11) is 0. The van der Waals surface area contributed by atoms with E-state index in [-0.39, 0.29) is 11.7 Å². The number of carbonyl (C=O) groups excluding carboxylic acids is 1. The highest BCUT2D eigenvalue weighted by Crippen LogP contribution is 2.28. The van der Waals surface area contributed by atoms with Crippen LogP contribution in [0.25, 0.3) is 0 Å². The van der Waals surface area contributed by atoms with Gasteiger partial charge in [-0.15, -0.1) is 0 Å². The third kappa shape index (κ3) is 3.31. The van der Waals surface area contributed by atoms with Gasteiger partial charge in [0.25, 0.3) is 5.91 Å². The lowest BCUT2D eigenvalue weighted by atomic mass is 10.1. The minimum absolute atomic E-state index is 0.0400. The van der Waals surface area contributed by atoms with E-state index in [1.54, 1.807) is 12.1 Å². The van der Waals surface area contributed by atoms with Crippen LogP contribution in [-0.4, -0.2) is 23.4 Å². The Balaban J connectivity index is 2.05. The molecule has 3 heteroatoms. The van der Waals surface area contributed by atoms with Crippen molar-refractivity contribution in [2.24, 2.45) is 5.92 Å². The molecule has 98 valence electrons. The highest BCUT2D eigenvalue weighted by atomic mass is 19.1. The van der Waals surface area contributed by atoms with Crippen molar-refractivity contribution in [2.45, 2.75) is 39.2 Å². The first kappa shape index (κ1) is 13.1. The fraction of sp³-hybridized carbons (Fsp3) is 0.533. The first-order chi connectivity index (χ1) is 8.58. The molecule has 0 saturated heterocycles. The van der Waals surface area contributed by atoms with Crippen LogP contribution in [0, 0.1) is 11.7 Å². The quantitative estimate of drug-likeness (QED) is 0.782. The zero-order valence-corrected chi connectivity index (χ0v) is 11.0. The summed E-state index contributed by atoms with van der Waals surface area (Å²) < 4.78 is 12.9. The molecule has 2 nitrogen and oxygen atoms in total. The van der Waals surface area contributed by atoms with Crippen molar-refractivity contribution in [3.63, 3.8) is 0 Å². The molecule has 1 aliphatic rings. The van der Waals surface area contributed by atoms with Crippen LogP contribution in [0.4, 0.5) is 4.39 Å². The van der Waals surface area contributed by atoms with Crippen LogP contribution in [0.5, 0.6) is 0 Å². The molecule has 0 heterocycles. The fourth-order valence-corrected chi connectivity index (χ4v) is 1.99. The molecular weight excluding hydrogens is 229 g/mol. The van der Waals surface area contributed by atoms with Crippen molar-refractivity contribution in [1.29, 1.82) is 0 Å². The average Bonchev–Trinajstić information content (AvgIpc) is 3.14. The van der Waals surface area contributed by atoms with Crippen molar-refractivity contribution in [3.8, 4) is 0 Å². The molecular formula is C15H20FNO. The van der Waals surface area contributed by atoms with Crippen molar-refractivity contribution >= 4 is 5.91 Å². The molecule has 1 fully saturated rings. The number of rotatable bonds is 5. The molecule has 0 unspecified atom stereocenters. The number of hydrogen-bond donors (Lipinski definition) is 0. The van der Waals surface area contributed by atoms with Gasteiger partial charge < -0.3 is 4.90 Å². The summed E-state index contributed by atoms with van der Waals surface area (Å²) in [6.07, 6.45) is 3.22. The topological polar surface area (TPSA) is 20.3 Å². The van der Waals surface area contributed by atoms with Crippen LogP contribution in [-0.2, 0) is 0 Å². The van der Waals surface area contributed by atoms with Gasteiger partial charge in [-0.25, -0.2) is 4.39 Å². The summed E-state index contributed by atoms with van der Waals surface area (Å²) in [4.78, 5) is 14.3. The molecule has 0 radical (unpaired) electrons. The first-order valence-electron chi connectivity index (χ1n) is 6.64. The van der Waals surface area contributed by atoms with Gasteiger partial charge >= 0.3 is 0 Å². The molecule has 1 aromatic rings. The second-order valence-electron chi connectivity index (χ2n) is 5.42. The van der Waals surface area contributed by atoms with E-state index >= 15 is 0 Å². The normalized spacial score (nSPS) is 14.9. The second-order valence-corrected chi connectivity index (χ2v) is 5.42. The SMILES string of the molecule is CC(C)CCN(C(=O)c1ccc(F)cc1)C1CC1. The largest absolute Gasteiger partial charge is 0.336 e. The zero-order valence-electron chi connectivity index (χ0n) is 11.0. The number of benzene rings is 1. The number of amides is 1. The van der Waals surface area contributed by atoms with Crippen molar-refractivity contribution < 1.29 is 9.18 Å². The van der Waals surface area contributed by atoms with Gasteiger partial charge in [0.2, 0.25) is 0 Å². The summed E-state index contributed by atoms with van der Waals surface area (Å²) in [5, 5.41) is 0. The Bertz CT molecular complexity index is 409. The lowest BCUT2D eigenvalue weighted by Gasteiger charge is -2.23. The summed E-state index contributed by atoms with van der Waals surface area (Å²) in [6, 6.07) is 6.24. The Morgan fingerprint density at radius 3 is 2.44 bits per heavy atom. The summed E-state index contributed by atoms with van der Waals surface area (Å²) in [5.74, 6) is 0.331. The van der Waals surface area contributed by atoms with Crippen LogP contribution < -0.4 is 0 Å². The van der Waals surface area contributed by atoms with E-state index in [0.717, 1.165) is 25.8 Å². The maximum Gasteiger partial charge on any atom is 0.254 e. The van der Waals surface area contributed by atoms with E-state index in [4.69, 9.17) is 0 Å². The molecule has 1 aliphatic carbocycles. The van der Waals surface area contributed by atoms with Crippen molar-refractivity contribution in [1.82, 2.24) is 4.90 Å². The van der Waals surface area contributed by atoms with Crippen LogP contribution in [0.2, 0.25) is 0 Å². The molecule has 0 bridgehead atoms. The average molecular weight is 249 g/mol. The Morgan fingerprint density at radius 2 is 1.94 bits per heavy atom. The maximum atomic E-state index is 12.9. The summed E-state index contributed by atoms with van der Waals surface area (Å²) in [6.45, 7) is 5.12. The van der Waals surface area contributed by atoms with Crippen LogP contribution >= 0.6 is 0 Å². The Kier molecular flexibility index (Phi) is 4.00. The van der Waals surface area contributed by atoms with E-state index in [1.165, 1.54) is 12.1 Å². The van der Waals surface area contributed by atoms with E-state index in [1.807, 2.05) is 4.90 Å². The number of hydrogen-bond acceptors (Lipinski definition) is 1. The second kappa shape index (κ2) is 5.51. The van der Waals surface area contributed by atoms with E-state index in [0.29, 0.717) is 17.5 Å². The molecule has 1 amide bonds. The molecule has 1 saturated carbocycles. The van der Waals surface area contributed by atoms with E-state index in [9.17, 15) is 9.18 Å². The standard InChI is InChI=1S/C15H20FNO/c1-11(2)9-10-17(14-7-8-14)15(18)12-3-5-13(16)6-4-12/h3-6,11,14H,7-10H2,1-2H3. The minimum Gasteiger partial charge on any atom is -0.336 e. The highest BCUT2D eigenvalue weighted by Gasteiger charge is 2.32. The van der Waals surface area contributed by atoms with Crippen LogP contribution in [0.1, 0.15) is 43.5 Å². The fourth-order valence-electron chi connectivity index (χ4n) is 1.99. The third-order valence-electron chi connectivity index (χ3n) is 3.29. The van der Waals surface area contributed by atoms with Gasteiger partial charge in [-0.3, -0.25) is 4.79 Å². The van der Waals surface area contributed by atoms with E-state index < -0.39 is 0 Å². The monoisotopic (exact) mass is 249 g/mol. The molecule has 18 heavy (non-hydrogen) atoms. The highest BCUT2D eigenvalue weighted by molar-refractivity contribution is 5.94. The van der Waals surface area contributed by atoms with E-state index in [2.05, 4.69) is 13.8 Å². The molecule has 1 aromatic carbocycles. The molecule has 0 spiro atoms. The summed E-state index contributed by atoms with van der Waals surface area (Å²) in [5.41, 5.74) is 0.590. The first-order valence-corrected chi connectivity index (χ1v) is 6.64. The van der Waals surface area contributed by atoms with Gasteiger partial charge in [0.15, 0.2) is 0 Å². The van der Waals surface area contributed by atoms with Gasteiger partial charge in [0.05, 0.1) is 0 Å². The number of carbonyl (C=O) groups is 1. The van der Waals surface area contributed by atoms with Crippen molar-refractivity contribution in [2.75, 3.05) is 6.54 Å². The van der Waals surface area contributed by atoms with Crippen LogP contribution in [0.15, 0.2) is 24.3 Å².